The Labute approximate surface area is 128 Å². The van der Waals surface area contributed by atoms with Crippen LogP contribution in [0, 0.1) is 11.8 Å². The second-order valence-corrected chi connectivity index (χ2v) is 6.20. The summed E-state index contributed by atoms with van der Waals surface area (Å²) in [6, 6.07) is 7.75. The predicted octanol–water partition coefficient (Wildman–Crippen LogP) is 3.52. The summed E-state index contributed by atoms with van der Waals surface area (Å²) in [6.45, 7) is 10.6. The number of amides is 2. The molecule has 21 heavy (non-hydrogen) atoms. The van der Waals surface area contributed by atoms with Crippen molar-refractivity contribution in [2.24, 2.45) is 11.8 Å². The zero-order valence-corrected chi connectivity index (χ0v) is 13.8. The molecule has 118 valence electrons. The highest BCUT2D eigenvalue weighted by molar-refractivity contribution is 5.74. The third-order valence-corrected chi connectivity index (χ3v) is 3.06. The Morgan fingerprint density at radius 3 is 2.05 bits per heavy atom. The lowest BCUT2D eigenvalue weighted by molar-refractivity contribution is 0.183. The van der Waals surface area contributed by atoms with Crippen molar-refractivity contribution >= 4 is 6.03 Å². The van der Waals surface area contributed by atoms with E-state index in [1.807, 2.05) is 29.2 Å². The number of hydrogen-bond acceptors (Lipinski definition) is 2. The van der Waals surface area contributed by atoms with Crippen LogP contribution in [0.2, 0.25) is 0 Å². The number of nitrogens with one attached hydrogen (secondary N) is 1. The smallest absolute Gasteiger partial charge is 0.317 e. The van der Waals surface area contributed by atoms with E-state index in [9.17, 15) is 4.79 Å². The fourth-order valence-corrected chi connectivity index (χ4v) is 2.15. The maximum Gasteiger partial charge on any atom is 0.317 e. The fourth-order valence-electron chi connectivity index (χ4n) is 2.15. The Balaban J connectivity index is 2.55. The first kappa shape index (κ1) is 17.3. The van der Waals surface area contributed by atoms with Crippen LogP contribution < -0.4 is 10.1 Å². The molecular formula is C17H28N2O2. The molecule has 1 aromatic rings. The molecule has 0 atom stereocenters. The Morgan fingerprint density at radius 2 is 1.62 bits per heavy atom. The van der Waals surface area contributed by atoms with E-state index in [4.69, 9.17) is 4.74 Å². The number of benzene rings is 1. The van der Waals surface area contributed by atoms with Gasteiger partial charge < -0.3 is 15.0 Å². The molecule has 4 nitrogen and oxygen atoms in total. The molecule has 1 N–H and O–H groups in total. The summed E-state index contributed by atoms with van der Waals surface area (Å²) in [5.74, 6) is 1.76. The van der Waals surface area contributed by atoms with Gasteiger partial charge in [0, 0.05) is 19.6 Å². The van der Waals surface area contributed by atoms with Gasteiger partial charge in [0.25, 0.3) is 0 Å². The normalized spacial score (nSPS) is 10.8. The lowest BCUT2D eigenvalue weighted by Crippen LogP contribution is -2.43. The van der Waals surface area contributed by atoms with Gasteiger partial charge in [-0.25, -0.2) is 4.79 Å². The van der Waals surface area contributed by atoms with Crippen molar-refractivity contribution in [3.8, 4) is 5.75 Å². The first-order chi connectivity index (χ1) is 9.92. The van der Waals surface area contributed by atoms with Gasteiger partial charge in [-0.15, -0.1) is 0 Å². The first-order valence-corrected chi connectivity index (χ1v) is 7.58. The first-order valence-electron chi connectivity index (χ1n) is 7.58. The second-order valence-electron chi connectivity index (χ2n) is 6.20. The molecule has 0 radical (unpaired) electrons. The number of carbonyl (C=O) groups is 1. The van der Waals surface area contributed by atoms with Crippen LogP contribution in [-0.2, 0) is 6.54 Å². The average Bonchev–Trinajstić information content (AvgIpc) is 2.43. The zero-order valence-electron chi connectivity index (χ0n) is 13.8. The second kappa shape index (κ2) is 8.55. The third-order valence-electron chi connectivity index (χ3n) is 3.06. The van der Waals surface area contributed by atoms with E-state index in [1.54, 1.807) is 7.11 Å². The average molecular weight is 292 g/mol. The van der Waals surface area contributed by atoms with Gasteiger partial charge in [-0.1, -0.05) is 39.8 Å². The van der Waals surface area contributed by atoms with Crippen LogP contribution in [0.15, 0.2) is 24.3 Å². The zero-order chi connectivity index (χ0) is 15.8. The summed E-state index contributed by atoms with van der Waals surface area (Å²) in [7, 11) is 1.65. The van der Waals surface area contributed by atoms with Crippen LogP contribution in [-0.4, -0.2) is 31.1 Å². The highest BCUT2D eigenvalue weighted by atomic mass is 16.5. The topological polar surface area (TPSA) is 41.6 Å². The van der Waals surface area contributed by atoms with Gasteiger partial charge in [0.05, 0.1) is 7.11 Å². The van der Waals surface area contributed by atoms with Crippen LogP contribution in [0.5, 0.6) is 5.75 Å². The number of methoxy groups -OCH3 is 1. The summed E-state index contributed by atoms with van der Waals surface area (Å²) in [4.78, 5) is 14.2. The lowest BCUT2D eigenvalue weighted by atomic mass is 10.1. The third kappa shape index (κ3) is 6.52. The molecule has 0 saturated carbocycles. The van der Waals surface area contributed by atoms with Crippen LogP contribution in [0.3, 0.4) is 0 Å². The maximum atomic E-state index is 12.3. The van der Waals surface area contributed by atoms with E-state index in [0.29, 0.717) is 18.4 Å². The minimum Gasteiger partial charge on any atom is -0.497 e. The quantitative estimate of drug-likeness (QED) is 0.835. The van der Waals surface area contributed by atoms with Crippen molar-refractivity contribution < 1.29 is 9.53 Å². The van der Waals surface area contributed by atoms with Crippen molar-refractivity contribution in [1.29, 1.82) is 0 Å². The number of hydrogen-bond donors (Lipinski definition) is 1. The van der Waals surface area contributed by atoms with Crippen LogP contribution >= 0.6 is 0 Å². The van der Waals surface area contributed by atoms with Gasteiger partial charge in [-0.2, -0.15) is 0 Å². The molecule has 0 bridgehead atoms. The molecule has 0 aliphatic heterocycles. The number of nitrogens with zero attached hydrogens (tertiary/aromatic N) is 1. The highest BCUT2D eigenvalue weighted by Gasteiger charge is 2.15. The summed E-state index contributed by atoms with van der Waals surface area (Å²) >= 11 is 0. The summed E-state index contributed by atoms with van der Waals surface area (Å²) in [6.07, 6.45) is 0. The SMILES string of the molecule is COc1ccc(CNC(=O)N(CC(C)C)CC(C)C)cc1. The molecule has 0 aliphatic carbocycles. The molecule has 4 heteroatoms. The van der Waals surface area contributed by atoms with Crippen molar-refractivity contribution in [3.05, 3.63) is 29.8 Å². The molecule has 1 aromatic carbocycles. The molecule has 0 fully saturated rings. The van der Waals surface area contributed by atoms with E-state index in [0.717, 1.165) is 24.4 Å². The van der Waals surface area contributed by atoms with Crippen molar-refractivity contribution in [2.75, 3.05) is 20.2 Å². The Kier molecular flexibility index (Phi) is 7.06. The molecule has 0 aliphatic rings. The van der Waals surface area contributed by atoms with Gasteiger partial charge in [-0.3, -0.25) is 0 Å². The van der Waals surface area contributed by atoms with Crippen molar-refractivity contribution in [3.63, 3.8) is 0 Å². The minimum absolute atomic E-state index is 0.00761. The van der Waals surface area contributed by atoms with Crippen LogP contribution in [0.25, 0.3) is 0 Å². The molecule has 0 heterocycles. The predicted molar refractivity (Wildman–Crippen MR) is 86.5 cm³/mol. The summed E-state index contributed by atoms with van der Waals surface area (Å²) < 4.78 is 5.12. The Bertz CT molecular complexity index is 417. The van der Waals surface area contributed by atoms with E-state index < -0.39 is 0 Å². The van der Waals surface area contributed by atoms with Crippen molar-refractivity contribution in [2.45, 2.75) is 34.2 Å². The minimum atomic E-state index is 0.00761. The fraction of sp³-hybridized carbons (Fsp3) is 0.588. The highest BCUT2D eigenvalue weighted by Crippen LogP contribution is 2.11. The molecule has 0 aromatic heterocycles. The molecular weight excluding hydrogens is 264 g/mol. The molecule has 0 saturated heterocycles. The van der Waals surface area contributed by atoms with Gasteiger partial charge in [-0.05, 0) is 29.5 Å². The number of rotatable bonds is 7. The Hall–Kier alpha value is -1.71. The van der Waals surface area contributed by atoms with Crippen molar-refractivity contribution in [1.82, 2.24) is 10.2 Å². The van der Waals surface area contributed by atoms with Gasteiger partial charge in [0.15, 0.2) is 0 Å². The monoisotopic (exact) mass is 292 g/mol. The Morgan fingerprint density at radius 1 is 1.10 bits per heavy atom. The number of urea groups is 1. The molecule has 2 amide bonds. The van der Waals surface area contributed by atoms with Crippen LogP contribution in [0.4, 0.5) is 4.79 Å². The standard InChI is InChI=1S/C17H28N2O2/c1-13(2)11-19(12-14(3)4)17(20)18-10-15-6-8-16(21-5)9-7-15/h6-9,13-14H,10-12H2,1-5H3,(H,18,20). The number of ether oxygens (including phenoxy) is 1. The summed E-state index contributed by atoms with van der Waals surface area (Å²) in [5, 5.41) is 2.99. The van der Waals surface area contributed by atoms with Gasteiger partial charge >= 0.3 is 6.03 Å². The maximum absolute atomic E-state index is 12.3. The summed E-state index contributed by atoms with van der Waals surface area (Å²) in [5.41, 5.74) is 1.07. The van der Waals surface area contributed by atoms with Gasteiger partial charge in [0.1, 0.15) is 5.75 Å². The van der Waals surface area contributed by atoms with E-state index >= 15 is 0 Å². The largest absolute Gasteiger partial charge is 0.497 e. The molecule has 0 spiro atoms. The molecule has 1 rings (SSSR count). The van der Waals surface area contributed by atoms with E-state index in [1.165, 1.54) is 0 Å². The molecule has 0 unspecified atom stereocenters. The lowest BCUT2D eigenvalue weighted by Gasteiger charge is -2.26. The van der Waals surface area contributed by atoms with E-state index in [-0.39, 0.29) is 6.03 Å². The number of carbonyl (C=O) groups excluding carboxylic acids is 1. The van der Waals surface area contributed by atoms with Gasteiger partial charge in [0.2, 0.25) is 0 Å². The van der Waals surface area contributed by atoms with E-state index in [2.05, 4.69) is 33.0 Å². The van der Waals surface area contributed by atoms with Crippen LogP contribution in [0.1, 0.15) is 33.3 Å².